The van der Waals surface area contributed by atoms with Crippen molar-refractivity contribution in [2.75, 3.05) is 19.0 Å². The van der Waals surface area contributed by atoms with E-state index in [9.17, 15) is 9.18 Å². The van der Waals surface area contributed by atoms with Crippen LogP contribution in [-0.2, 0) is 0 Å². The molecule has 8 heteroatoms. The molecule has 0 amide bonds. The first kappa shape index (κ1) is 18.1. The maximum Gasteiger partial charge on any atom is 0.250 e. The Morgan fingerprint density at radius 2 is 2.11 bits per heavy atom. The minimum absolute atomic E-state index is 0.0517. The second-order valence-corrected chi connectivity index (χ2v) is 6.95. The summed E-state index contributed by atoms with van der Waals surface area (Å²) in [6, 6.07) is 11.7. The zero-order valence-electron chi connectivity index (χ0n) is 15.3. The second-order valence-electron chi connectivity index (χ2n) is 6.20. The Balaban J connectivity index is 1.57. The van der Waals surface area contributed by atoms with Gasteiger partial charge in [-0.05, 0) is 60.9 Å². The fourth-order valence-electron chi connectivity index (χ4n) is 2.98. The summed E-state index contributed by atoms with van der Waals surface area (Å²) in [5.41, 5.74) is 2.24. The van der Waals surface area contributed by atoms with Gasteiger partial charge in [0.05, 0.1) is 24.9 Å². The lowest BCUT2D eigenvalue weighted by Gasteiger charge is -2.12. The first-order valence-electron chi connectivity index (χ1n) is 8.57. The molecular formula is C20H17FN4O2S. The third-order valence-corrected chi connectivity index (χ3v) is 5.18. The van der Waals surface area contributed by atoms with E-state index in [-0.39, 0.29) is 18.3 Å². The van der Waals surface area contributed by atoms with E-state index in [1.54, 1.807) is 25.4 Å². The number of carbonyl (C=O) groups excluding carboxylic acids is 1. The lowest BCUT2D eigenvalue weighted by Crippen LogP contribution is -2.20. The number of nitrogens with zero attached hydrogens (tertiary/aromatic N) is 3. The molecule has 0 saturated heterocycles. The van der Waals surface area contributed by atoms with Crippen LogP contribution in [0.15, 0.2) is 48.7 Å². The van der Waals surface area contributed by atoms with Crippen LogP contribution in [0.4, 0.5) is 10.1 Å². The fraction of sp³-hybridized carbons (Fsp3) is 0.150. The number of methoxy groups -OCH3 is 1. The minimum atomic E-state index is -0.329. The number of carbonyl (C=O) groups is 1. The number of rotatable bonds is 5. The van der Waals surface area contributed by atoms with Gasteiger partial charge in [0.25, 0.3) is 0 Å². The molecule has 0 aliphatic carbocycles. The van der Waals surface area contributed by atoms with Crippen LogP contribution in [0.1, 0.15) is 10.6 Å². The first-order valence-corrected chi connectivity index (χ1v) is 9.35. The lowest BCUT2D eigenvalue weighted by molar-refractivity contribution is 0.0934. The molecule has 1 N–H and O–H groups in total. The van der Waals surface area contributed by atoms with Crippen LogP contribution in [0.5, 0.6) is 5.75 Å². The van der Waals surface area contributed by atoms with Gasteiger partial charge in [0, 0.05) is 17.1 Å². The average molecular weight is 396 g/mol. The molecule has 0 bridgehead atoms. The van der Waals surface area contributed by atoms with Crippen molar-refractivity contribution in [2.24, 2.45) is 0 Å². The molecule has 0 fully saturated rings. The first-order chi connectivity index (χ1) is 13.5. The van der Waals surface area contributed by atoms with E-state index in [0.717, 1.165) is 16.4 Å². The van der Waals surface area contributed by atoms with Gasteiger partial charge in [-0.25, -0.2) is 9.37 Å². The summed E-state index contributed by atoms with van der Waals surface area (Å²) < 4.78 is 24.5. The molecule has 0 aliphatic heterocycles. The van der Waals surface area contributed by atoms with Crippen LogP contribution < -0.4 is 10.1 Å². The van der Waals surface area contributed by atoms with Crippen LogP contribution >= 0.6 is 11.5 Å². The number of fused-ring (bicyclic) bond motifs is 1. The lowest BCUT2D eigenvalue weighted by atomic mass is 10.2. The van der Waals surface area contributed by atoms with Gasteiger partial charge < -0.3 is 10.1 Å². The second kappa shape index (κ2) is 7.40. The van der Waals surface area contributed by atoms with Crippen molar-refractivity contribution < 1.29 is 13.9 Å². The predicted molar refractivity (Wildman–Crippen MR) is 108 cm³/mol. The topological polar surface area (TPSA) is 69.0 Å². The van der Waals surface area contributed by atoms with E-state index in [4.69, 9.17) is 4.74 Å². The van der Waals surface area contributed by atoms with Gasteiger partial charge in [0.15, 0.2) is 0 Å². The molecule has 4 rings (SSSR count). The highest BCUT2D eigenvalue weighted by Gasteiger charge is 2.13. The normalized spacial score (nSPS) is 11.0. The Hall–Kier alpha value is -3.26. The summed E-state index contributed by atoms with van der Waals surface area (Å²) in [6.07, 6.45) is 1.64. The average Bonchev–Trinajstić information content (AvgIpc) is 3.31. The van der Waals surface area contributed by atoms with Crippen LogP contribution in [0, 0.1) is 12.7 Å². The summed E-state index contributed by atoms with van der Waals surface area (Å²) in [6.45, 7) is 1.89. The van der Waals surface area contributed by atoms with Gasteiger partial charge in [-0.2, -0.15) is 4.37 Å². The van der Waals surface area contributed by atoms with Crippen molar-refractivity contribution in [1.82, 2.24) is 13.9 Å². The number of ether oxygens (including phenoxy) is 1. The van der Waals surface area contributed by atoms with Crippen molar-refractivity contribution in [3.63, 3.8) is 0 Å². The summed E-state index contributed by atoms with van der Waals surface area (Å²) in [5.74, 6) is 0.846. The molecule has 4 aromatic rings. The van der Waals surface area contributed by atoms with Crippen LogP contribution in [0.3, 0.4) is 0 Å². The third-order valence-electron chi connectivity index (χ3n) is 4.33. The molecule has 2 aromatic heterocycles. The standard InChI is InChI=1S/C20H17FN4O2S/c1-12-23-20(28-24-12)14-3-6-18(27-2)16(10-14)22-11-19(26)25-8-7-13-9-15(21)4-5-17(13)25/h3-10,22H,11H2,1-2H3. The predicted octanol–water partition coefficient (Wildman–Crippen LogP) is 4.37. The molecule has 0 radical (unpaired) electrons. The maximum absolute atomic E-state index is 13.3. The number of aryl methyl sites for hydroxylation is 1. The number of benzene rings is 2. The molecule has 2 aromatic carbocycles. The molecule has 0 aliphatic rings. The summed E-state index contributed by atoms with van der Waals surface area (Å²) in [7, 11) is 1.57. The van der Waals surface area contributed by atoms with Gasteiger partial charge >= 0.3 is 0 Å². The minimum Gasteiger partial charge on any atom is -0.495 e. The van der Waals surface area contributed by atoms with E-state index in [1.165, 1.54) is 28.2 Å². The molecular weight excluding hydrogens is 379 g/mol. The number of halogens is 1. The summed E-state index contributed by atoms with van der Waals surface area (Å²) in [4.78, 5) is 17.1. The third kappa shape index (κ3) is 3.46. The zero-order valence-corrected chi connectivity index (χ0v) is 16.1. The van der Waals surface area contributed by atoms with E-state index >= 15 is 0 Å². The molecule has 0 unspecified atom stereocenters. The molecule has 28 heavy (non-hydrogen) atoms. The van der Waals surface area contributed by atoms with Gasteiger partial charge in [0.2, 0.25) is 5.91 Å². The highest BCUT2D eigenvalue weighted by Crippen LogP contribution is 2.31. The van der Waals surface area contributed by atoms with Gasteiger partial charge in [-0.3, -0.25) is 9.36 Å². The molecule has 6 nitrogen and oxygen atoms in total. The number of aromatic nitrogens is 3. The number of nitrogens with one attached hydrogen (secondary N) is 1. The van der Waals surface area contributed by atoms with Gasteiger partial charge in [-0.15, -0.1) is 0 Å². The molecule has 0 atom stereocenters. The van der Waals surface area contributed by atoms with E-state index in [2.05, 4.69) is 14.7 Å². The Kier molecular flexibility index (Phi) is 4.79. The van der Waals surface area contributed by atoms with Gasteiger partial charge in [-0.1, -0.05) is 0 Å². The smallest absolute Gasteiger partial charge is 0.250 e. The summed E-state index contributed by atoms with van der Waals surface area (Å²) in [5, 5.41) is 4.61. The summed E-state index contributed by atoms with van der Waals surface area (Å²) >= 11 is 1.32. The molecule has 0 spiro atoms. The Labute approximate surface area is 164 Å². The highest BCUT2D eigenvalue weighted by atomic mass is 32.1. The Morgan fingerprint density at radius 3 is 2.86 bits per heavy atom. The largest absolute Gasteiger partial charge is 0.495 e. The number of hydrogen-bond donors (Lipinski definition) is 1. The maximum atomic E-state index is 13.3. The van der Waals surface area contributed by atoms with Crippen LogP contribution in [-0.4, -0.2) is 33.5 Å². The molecule has 142 valence electrons. The Bertz CT molecular complexity index is 1170. The van der Waals surface area contributed by atoms with E-state index < -0.39 is 0 Å². The van der Waals surface area contributed by atoms with Crippen molar-refractivity contribution in [1.29, 1.82) is 0 Å². The van der Waals surface area contributed by atoms with Crippen LogP contribution in [0.2, 0.25) is 0 Å². The fourth-order valence-corrected chi connectivity index (χ4v) is 3.65. The van der Waals surface area contributed by atoms with Crippen molar-refractivity contribution >= 4 is 34.0 Å². The van der Waals surface area contributed by atoms with Crippen molar-refractivity contribution in [2.45, 2.75) is 6.92 Å². The van der Waals surface area contributed by atoms with Crippen molar-refractivity contribution in [3.8, 4) is 16.3 Å². The quantitative estimate of drug-likeness (QED) is 0.543. The van der Waals surface area contributed by atoms with E-state index in [0.29, 0.717) is 22.3 Å². The van der Waals surface area contributed by atoms with Gasteiger partial charge in [0.1, 0.15) is 22.4 Å². The SMILES string of the molecule is COc1ccc(-c2nc(C)ns2)cc1NCC(=O)n1ccc2cc(F)ccc21. The van der Waals surface area contributed by atoms with E-state index in [1.807, 2.05) is 25.1 Å². The highest BCUT2D eigenvalue weighted by molar-refractivity contribution is 7.09. The Morgan fingerprint density at radius 1 is 1.25 bits per heavy atom. The zero-order chi connectivity index (χ0) is 19.7. The molecule has 0 saturated carbocycles. The van der Waals surface area contributed by atoms with Crippen molar-refractivity contribution in [3.05, 3.63) is 60.3 Å². The number of anilines is 1. The number of hydrogen-bond acceptors (Lipinski definition) is 6. The monoisotopic (exact) mass is 396 g/mol. The van der Waals surface area contributed by atoms with Crippen LogP contribution in [0.25, 0.3) is 21.5 Å². The molecule has 2 heterocycles.